The summed E-state index contributed by atoms with van der Waals surface area (Å²) in [4.78, 5) is 12.8. The molecule has 1 aliphatic carbocycles. The molecular formula is C24H32N2O4S. The van der Waals surface area contributed by atoms with Gasteiger partial charge in [0.2, 0.25) is 10.0 Å². The van der Waals surface area contributed by atoms with Crippen molar-refractivity contribution < 1.29 is 17.9 Å². The normalized spacial score (nSPS) is 15.1. The molecule has 1 amide bonds. The molecule has 0 saturated heterocycles. The summed E-state index contributed by atoms with van der Waals surface area (Å²) in [6.07, 6.45) is 7.13. The first-order chi connectivity index (χ1) is 14.9. The van der Waals surface area contributed by atoms with Crippen molar-refractivity contribution in [3.05, 3.63) is 54.1 Å². The molecule has 31 heavy (non-hydrogen) atoms. The van der Waals surface area contributed by atoms with Crippen LogP contribution in [0.5, 0.6) is 5.75 Å². The highest BCUT2D eigenvalue weighted by molar-refractivity contribution is 7.89. The van der Waals surface area contributed by atoms with Gasteiger partial charge in [0.15, 0.2) is 0 Å². The maximum atomic E-state index is 13.0. The molecule has 7 heteroatoms. The van der Waals surface area contributed by atoms with Gasteiger partial charge in [-0.25, -0.2) is 8.42 Å². The van der Waals surface area contributed by atoms with Crippen molar-refractivity contribution in [3.63, 3.8) is 0 Å². The summed E-state index contributed by atoms with van der Waals surface area (Å²) in [5.41, 5.74) is 1.03. The van der Waals surface area contributed by atoms with Gasteiger partial charge in [0.1, 0.15) is 5.75 Å². The van der Waals surface area contributed by atoms with Crippen LogP contribution in [0.25, 0.3) is 0 Å². The van der Waals surface area contributed by atoms with E-state index in [1.807, 2.05) is 6.07 Å². The Kier molecular flexibility index (Phi) is 8.09. The average Bonchev–Trinajstić information content (AvgIpc) is 2.80. The van der Waals surface area contributed by atoms with Crippen LogP contribution in [0.3, 0.4) is 0 Å². The van der Waals surface area contributed by atoms with Crippen LogP contribution in [-0.4, -0.2) is 38.3 Å². The molecule has 0 bridgehead atoms. The molecule has 0 heterocycles. The summed E-state index contributed by atoms with van der Waals surface area (Å²) >= 11 is 0. The Morgan fingerprint density at radius 1 is 1.10 bits per heavy atom. The lowest BCUT2D eigenvalue weighted by Gasteiger charge is -2.30. The Morgan fingerprint density at radius 3 is 2.48 bits per heavy atom. The van der Waals surface area contributed by atoms with E-state index in [0.717, 1.165) is 38.5 Å². The minimum Gasteiger partial charge on any atom is -0.494 e. The Balaban J connectivity index is 1.65. The molecule has 3 rings (SSSR count). The molecule has 0 unspecified atom stereocenters. The first kappa shape index (κ1) is 23.3. The fraction of sp³-hybridized carbons (Fsp3) is 0.458. The van der Waals surface area contributed by atoms with Crippen molar-refractivity contribution in [3.8, 4) is 5.75 Å². The maximum Gasteiger partial charge on any atom is 0.255 e. The second-order valence-electron chi connectivity index (χ2n) is 8.02. The van der Waals surface area contributed by atoms with Crippen LogP contribution in [0.4, 0.5) is 5.69 Å². The predicted molar refractivity (Wildman–Crippen MR) is 123 cm³/mol. The minimum atomic E-state index is -3.55. The highest BCUT2D eigenvalue weighted by Gasteiger charge is 2.28. The highest BCUT2D eigenvalue weighted by Crippen LogP contribution is 2.27. The minimum absolute atomic E-state index is 0.0601. The quantitative estimate of drug-likeness (QED) is 0.548. The average molecular weight is 445 g/mol. The number of amides is 1. The molecule has 0 spiro atoms. The summed E-state index contributed by atoms with van der Waals surface area (Å²) in [7, 11) is -1.89. The van der Waals surface area contributed by atoms with E-state index in [0.29, 0.717) is 23.6 Å². The van der Waals surface area contributed by atoms with Crippen molar-refractivity contribution in [2.45, 2.75) is 62.8 Å². The topological polar surface area (TPSA) is 75.7 Å². The number of carbonyl (C=O) groups excluding carboxylic acids is 1. The number of nitrogens with zero attached hydrogens (tertiary/aromatic N) is 1. The van der Waals surface area contributed by atoms with Gasteiger partial charge < -0.3 is 10.1 Å². The van der Waals surface area contributed by atoms with Crippen LogP contribution in [0.15, 0.2) is 53.4 Å². The predicted octanol–water partition coefficient (Wildman–Crippen LogP) is 5.07. The Morgan fingerprint density at radius 2 is 1.81 bits per heavy atom. The van der Waals surface area contributed by atoms with E-state index >= 15 is 0 Å². The van der Waals surface area contributed by atoms with Crippen LogP contribution >= 0.6 is 0 Å². The molecule has 168 valence electrons. The van der Waals surface area contributed by atoms with Gasteiger partial charge in [-0.3, -0.25) is 4.79 Å². The van der Waals surface area contributed by atoms with Crippen molar-refractivity contribution >= 4 is 21.6 Å². The fourth-order valence-electron chi connectivity index (χ4n) is 3.78. The first-order valence-corrected chi connectivity index (χ1v) is 12.5. The van der Waals surface area contributed by atoms with Crippen LogP contribution in [0.2, 0.25) is 0 Å². The third-order valence-electron chi connectivity index (χ3n) is 5.74. The van der Waals surface area contributed by atoms with Crippen LogP contribution in [0, 0.1) is 0 Å². The largest absolute Gasteiger partial charge is 0.494 e. The van der Waals surface area contributed by atoms with E-state index in [4.69, 9.17) is 4.74 Å². The van der Waals surface area contributed by atoms with E-state index in [1.165, 1.54) is 10.7 Å². The van der Waals surface area contributed by atoms with Gasteiger partial charge in [-0.15, -0.1) is 0 Å². The summed E-state index contributed by atoms with van der Waals surface area (Å²) < 4.78 is 33.1. The van der Waals surface area contributed by atoms with Gasteiger partial charge in [0.25, 0.3) is 5.91 Å². The van der Waals surface area contributed by atoms with Crippen LogP contribution in [-0.2, 0) is 10.0 Å². The van der Waals surface area contributed by atoms with E-state index in [1.54, 1.807) is 49.5 Å². The highest BCUT2D eigenvalue weighted by atomic mass is 32.2. The van der Waals surface area contributed by atoms with Gasteiger partial charge >= 0.3 is 0 Å². The molecule has 0 aromatic heterocycles. The fourth-order valence-corrected chi connectivity index (χ4v) is 5.20. The lowest BCUT2D eigenvalue weighted by molar-refractivity contribution is 0.102. The number of carbonyl (C=O) groups is 1. The lowest BCUT2D eigenvalue weighted by atomic mass is 9.96. The van der Waals surface area contributed by atoms with Crippen LogP contribution < -0.4 is 10.1 Å². The number of anilines is 1. The summed E-state index contributed by atoms with van der Waals surface area (Å²) in [5, 5.41) is 2.82. The zero-order chi connectivity index (χ0) is 22.3. The zero-order valence-corrected chi connectivity index (χ0v) is 19.2. The molecule has 1 fully saturated rings. The Bertz CT molecular complexity index is 967. The molecule has 6 nitrogen and oxygen atoms in total. The van der Waals surface area contributed by atoms with E-state index in [-0.39, 0.29) is 16.8 Å². The number of hydrogen-bond donors (Lipinski definition) is 1. The molecule has 0 atom stereocenters. The Labute approximate surface area is 185 Å². The number of rotatable bonds is 9. The van der Waals surface area contributed by atoms with E-state index in [2.05, 4.69) is 12.2 Å². The van der Waals surface area contributed by atoms with Crippen molar-refractivity contribution in [2.75, 3.05) is 19.0 Å². The van der Waals surface area contributed by atoms with Crippen LogP contribution in [0.1, 0.15) is 62.2 Å². The van der Waals surface area contributed by atoms with Crippen molar-refractivity contribution in [1.82, 2.24) is 4.31 Å². The third-order valence-corrected chi connectivity index (χ3v) is 7.67. The second-order valence-corrected chi connectivity index (χ2v) is 10.0. The van der Waals surface area contributed by atoms with Crippen molar-refractivity contribution in [1.29, 1.82) is 0 Å². The number of benzene rings is 2. The second kappa shape index (κ2) is 10.8. The SMILES string of the molecule is CCCCOc1cccc(C(=O)Nc2ccc(S(=O)(=O)N(C)C3CCCCC3)cc2)c1. The zero-order valence-electron chi connectivity index (χ0n) is 18.3. The molecule has 2 aromatic carbocycles. The third kappa shape index (κ3) is 6.08. The van der Waals surface area contributed by atoms with E-state index in [9.17, 15) is 13.2 Å². The first-order valence-electron chi connectivity index (χ1n) is 11.0. The number of sulfonamides is 1. The standard InChI is InChI=1S/C24H32N2O4S/c1-3-4-17-30-22-12-8-9-19(18-22)24(27)25-20-13-15-23(16-14-20)31(28,29)26(2)21-10-6-5-7-11-21/h8-9,12-16,18,21H,3-7,10-11,17H2,1-2H3,(H,25,27). The monoisotopic (exact) mass is 444 g/mol. The van der Waals surface area contributed by atoms with Gasteiger partial charge in [0, 0.05) is 24.3 Å². The number of hydrogen-bond acceptors (Lipinski definition) is 4. The van der Waals surface area contributed by atoms with Gasteiger partial charge in [-0.2, -0.15) is 4.31 Å². The van der Waals surface area contributed by atoms with E-state index < -0.39 is 10.0 Å². The molecule has 0 radical (unpaired) electrons. The smallest absolute Gasteiger partial charge is 0.255 e. The lowest BCUT2D eigenvalue weighted by Crippen LogP contribution is -2.38. The number of nitrogens with one attached hydrogen (secondary N) is 1. The number of unbranched alkanes of at least 4 members (excludes halogenated alkanes) is 1. The van der Waals surface area contributed by atoms with Gasteiger partial charge in [-0.05, 0) is 61.7 Å². The van der Waals surface area contributed by atoms with Gasteiger partial charge in [-0.1, -0.05) is 38.7 Å². The molecule has 1 saturated carbocycles. The number of ether oxygens (including phenoxy) is 1. The Hall–Kier alpha value is -2.38. The molecule has 1 aliphatic rings. The maximum absolute atomic E-state index is 13.0. The summed E-state index contributed by atoms with van der Waals surface area (Å²) in [6.45, 7) is 2.71. The molecular weight excluding hydrogens is 412 g/mol. The molecule has 0 aliphatic heterocycles. The molecule has 2 aromatic rings. The van der Waals surface area contributed by atoms with Gasteiger partial charge in [0.05, 0.1) is 11.5 Å². The molecule has 1 N–H and O–H groups in total. The summed E-state index contributed by atoms with van der Waals surface area (Å²) in [5.74, 6) is 0.393. The van der Waals surface area contributed by atoms with Crippen molar-refractivity contribution in [2.24, 2.45) is 0 Å². The summed E-state index contributed by atoms with van der Waals surface area (Å²) in [6, 6.07) is 13.5.